The van der Waals surface area contributed by atoms with Gasteiger partial charge in [0, 0.05) is 17.6 Å². The smallest absolute Gasteiger partial charge is 0.275 e. The third kappa shape index (κ3) is 4.87. The summed E-state index contributed by atoms with van der Waals surface area (Å²) < 4.78 is 1.74. The van der Waals surface area contributed by atoms with Crippen molar-refractivity contribution in [2.45, 2.75) is 20.4 Å². The maximum Gasteiger partial charge on any atom is 0.275 e. The molecule has 2 N–H and O–H groups in total. The Bertz CT molecular complexity index is 810. The zero-order chi connectivity index (χ0) is 17.6. The normalized spacial score (nSPS) is 10.8. The van der Waals surface area contributed by atoms with E-state index in [2.05, 4.69) is 39.5 Å². The molecule has 1 aromatic carbocycles. The lowest BCUT2D eigenvalue weighted by Crippen LogP contribution is -2.13. The molecule has 0 saturated carbocycles. The molecule has 3 aromatic rings. The number of nitrogens with one attached hydrogen (secondary N) is 2. The Morgan fingerprint density at radius 1 is 1.28 bits per heavy atom. The van der Waals surface area contributed by atoms with Gasteiger partial charge in [-0.2, -0.15) is 5.10 Å². The van der Waals surface area contributed by atoms with E-state index < -0.39 is 0 Å². The highest BCUT2D eigenvalue weighted by atomic mass is 32.1. The highest BCUT2D eigenvalue weighted by molar-refractivity contribution is 7.13. The van der Waals surface area contributed by atoms with E-state index in [0.29, 0.717) is 18.2 Å². The lowest BCUT2D eigenvalue weighted by molar-refractivity contribution is 0.102. The second kappa shape index (κ2) is 7.89. The first kappa shape index (κ1) is 17.1. The SMILES string of the molecule is CC(C)CNc1nc(C(=O)Nc2ccc(Cn3cncn3)cc2)cs1. The zero-order valence-corrected chi connectivity index (χ0v) is 15.0. The third-order valence-electron chi connectivity index (χ3n) is 3.42. The van der Waals surface area contributed by atoms with E-state index in [4.69, 9.17) is 0 Å². The molecule has 0 aliphatic rings. The van der Waals surface area contributed by atoms with Crippen LogP contribution >= 0.6 is 11.3 Å². The van der Waals surface area contributed by atoms with E-state index in [1.807, 2.05) is 24.3 Å². The maximum absolute atomic E-state index is 12.3. The van der Waals surface area contributed by atoms with Crippen LogP contribution in [0.2, 0.25) is 0 Å². The molecule has 0 bridgehead atoms. The summed E-state index contributed by atoms with van der Waals surface area (Å²) in [5.74, 6) is 0.315. The summed E-state index contributed by atoms with van der Waals surface area (Å²) in [7, 11) is 0. The summed E-state index contributed by atoms with van der Waals surface area (Å²) in [4.78, 5) is 20.5. The molecule has 0 saturated heterocycles. The number of carbonyl (C=O) groups excluding carboxylic acids is 1. The number of nitrogens with zero attached hydrogens (tertiary/aromatic N) is 4. The molecule has 2 aromatic heterocycles. The summed E-state index contributed by atoms with van der Waals surface area (Å²) in [5.41, 5.74) is 2.23. The van der Waals surface area contributed by atoms with Crippen molar-refractivity contribution < 1.29 is 4.79 Å². The molecular formula is C17H20N6OS. The van der Waals surface area contributed by atoms with Crippen LogP contribution in [0.15, 0.2) is 42.3 Å². The largest absolute Gasteiger partial charge is 0.361 e. The van der Waals surface area contributed by atoms with Gasteiger partial charge in [0.05, 0.1) is 6.54 Å². The van der Waals surface area contributed by atoms with E-state index >= 15 is 0 Å². The van der Waals surface area contributed by atoms with Crippen LogP contribution in [0.3, 0.4) is 0 Å². The minimum absolute atomic E-state index is 0.210. The minimum atomic E-state index is -0.210. The van der Waals surface area contributed by atoms with Crippen molar-refractivity contribution >= 4 is 28.1 Å². The van der Waals surface area contributed by atoms with Gasteiger partial charge in [-0.15, -0.1) is 11.3 Å². The number of rotatable bonds is 7. The number of amides is 1. The first-order valence-corrected chi connectivity index (χ1v) is 8.90. The van der Waals surface area contributed by atoms with Crippen LogP contribution in [0.5, 0.6) is 0 Å². The molecular weight excluding hydrogens is 336 g/mol. The Hall–Kier alpha value is -2.74. The average molecular weight is 356 g/mol. The van der Waals surface area contributed by atoms with E-state index in [-0.39, 0.29) is 5.91 Å². The molecule has 0 fully saturated rings. The zero-order valence-electron chi connectivity index (χ0n) is 14.1. The predicted octanol–water partition coefficient (Wildman–Crippen LogP) is 3.10. The van der Waals surface area contributed by atoms with Gasteiger partial charge < -0.3 is 10.6 Å². The summed E-state index contributed by atoms with van der Waals surface area (Å²) >= 11 is 1.44. The van der Waals surface area contributed by atoms with Gasteiger partial charge in [0.1, 0.15) is 18.3 Å². The van der Waals surface area contributed by atoms with Crippen molar-refractivity contribution in [3.8, 4) is 0 Å². The number of hydrogen-bond donors (Lipinski definition) is 2. The molecule has 0 aliphatic carbocycles. The highest BCUT2D eigenvalue weighted by Crippen LogP contribution is 2.18. The first-order chi connectivity index (χ1) is 12.1. The van der Waals surface area contributed by atoms with E-state index in [1.165, 1.54) is 17.7 Å². The van der Waals surface area contributed by atoms with Crippen molar-refractivity contribution in [1.29, 1.82) is 0 Å². The first-order valence-electron chi connectivity index (χ1n) is 8.02. The van der Waals surface area contributed by atoms with Crippen molar-refractivity contribution in [1.82, 2.24) is 19.7 Å². The Morgan fingerprint density at radius 3 is 2.76 bits per heavy atom. The second-order valence-corrected chi connectivity index (χ2v) is 6.91. The Labute approximate surface area is 150 Å². The van der Waals surface area contributed by atoms with Crippen LogP contribution in [-0.2, 0) is 6.54 Å². The van der Waals surface area contributed by atoms with Gasteiger partial charge in [-0.1, -0.05) is 26.0 Å². The van der Waals surface area contributed by atoms with Crippen LogP contribution in [0, 0.1) is 5.92 Å². The molecule has 0 spiro atoms. The molecule has 0 radical (unpaired) electrons. The lowest BCUT2D eigenvalue weighted by atomic mass is 10.2. The second-order valence-electron chi connectivity index (χ2n) is 6.06. The predicted molar refractivity (Wildman–Crippen MR) is 99.0 cm³/mol. The molecule has 3 rings (SSSR count). The van der Waals surface area contributed by atoms with Crippen LogP contribution in [-0.4, -0.2) is 32.2 Å². The number of anilines is 2. The molecule has 0 unspecified atom stereocenters. The topological polar surface area (TPSA) is 84.7 Å². The Balaban J connectivity index is 1.57. The fourth-order valence-corrected chi connectivity index (χ4v) is 2.84. The van der Waals surface area contributed by atoms with Crippen molar-refractivity contribution in [3.63, 3.8) is 0 Å². The van der Waals surface area contributed by atoms with E-state index in [0.717, 1.165) is 22.9 Å². The minimum Gasteiger partial charge on any atom is -0.361 e. The molecule has 0 atom stereocenters. The summed E-state index contributed by atoms with van der Waals surface area (Å²) in [5, 5.41) is 12.7. The molecule has 8 heteroatoms. The van der Waals surface area contributed by atoms with Crippen LogP contribution in [0.25, 0.3) is 0 Å². The third-order valence-corrected chi connectivity index (χ3v) is 4.22. The number of carbonyl (C=O) groups is 1. The van der Waals surface area contributed by atoms with Crippen molar-refractivity contribution in [3.05, 3.63) is 53.6 Å². The quantitative estimate of drug-likeness (QED) is 0.679. The number of thiazole rings is 1. The van der Waals surface area contributed by atoms with Crippen molar-refractivity contribution in [2.24, 2.45) is 5.92 Å². The molecule has 25 heavy (non-hydrogen) atoms. The number of hydrogen-bond acceptors (Lipinski definition) is 6. The lowest BCUT2D eigenvalue weighted by Gasteiger charge is -2.06. The number of benzene rings is 1. The average Bonchev–Trinajstić information content (AvgIpc) is 3.26. The maximum atomic E-state index is 12.3. The Kier molecular flexibility index (Phi) is 5.39. The van der Waals surface area contributed by atoms with Crippen LogP contribution < -0.4 is 10.6 Å². The van der Waals surface area contributed by atoms with E-state index in [9.17, 15) is 4.79 Å². The number of aromatic nitrogens is 4. The van der Waals surface area contributed by atoms with Gasteiger partial charge in [-0.25, -0.2) is 14.6 Å². The summed E-state index contributed by atoms with van der Waals surface area (Å²) in [6.45, 7) is 5.73. The standard InChI is InChI=1S/C17H20N6OS/c1-12(2)7-19-17-22-15(9-25-17)16(24)21-14-5-3-13(4-6-14)8-23-11-18-10-20-23/h3-6,9-12H,7-8H2,1-2H3,(H,19,22)(H,21,24). The molecule has 2 heterocycles. The summed E-state index contributed by atoms with van der Waals surface area (Å²) in [6.07, 6.45) is 3.18. The molecule has 130 valence electrons. The van der Waals surface area contributed by atoms with Gasteiger partial charge in [-0.05, 0) is 23.6 Å². The van der Waals surface area contributed by atoms with Gasteiger partial charge >= 0.3 is 0 Å². The van der Waals surface area contributed by atoms with Gasteiger partial charge in [0.2, 0.25) is 0 Å². The fraction of sp³-hybridized carbons (Fsp3) is 0.294. The van der Waals surface area contributed by atoms with Gasteiger partial charge in [0.25, 0.3) is 5.91 Å². The van der Waals surface area contributed by atoms with Gasteiger partial charge in [-0.3, -0.25) is 4.79 Å². The summed E-state index contributed by atoms with van der Waals surface area (Å²) in [6, 6.07) is 7.64. The van der Waals surface area contributed by atoms with Crippen LogP contribution in [0.4, 0.5) is 10.8 Å². The highest BCUT2D eigenvalue weighted by Gasteiger charge is 2.11. The fourth-order valence-electron chi connectivity index (χ4n) is 2.14. The van der Waals surface area contributed by atoms with Crippen LogP contribution in [0.1, 0.15) is 29.9 Å². The molecule has 0 aliphatic heterocycles. The van der Waals surface area contributed by atoms with E-state index in [1.54, 1.807) is 16.4 Å². The van der Waals surface area contributed by atoms with Crippen molar-refractivity contribution in [2.75, 3.05) is 17.2 Å². The van der Waals surface area contributed by atoms with Gasteiger partial charge in [0.15, 0.2) is 5.13 Å². The Morgan fingerprint density at radius 2 is 2.08 bits per heavy atom. The monoisotopic (exact) mass is 356 g/mol. The molecule has 7 nitrogen and oxygen atoms in total. The molecule has 1 amide bonds.